The highest BCUT2D eigenvalue weighted by Gasteiger charge is 2.59. The van der Waals surface area contributed by atoms with Crippen LogP contribution in [0.15, 0.2) is 0 Å². The lowest BCUT2D eigenvalue weighted by molar-refractivity contribution is -0.367. The average molecular weight is 1170 g/mol. The van der Waals surface area contributed by atoms with Gasteiger partial charge < -0.3 is 74.0 Å². The van der Waals surface area contributed by atoms with E-state index in [0.29, 0.717) is 0 Å². The molecule has 0 radical (unpaired) electrons. The van der Waals surface area contributed by atoms with E-state index in [1.54, 1.807) is 0 Å². The van der Waals surface area contributed by atoms with Crippen LogP contribution in [0.4, 0.5) is 0 Å². The smallest absolute Gasteiger partial charge is 0.397 e. The topological polar surface area (TPSA) is 648 Å². The Morgan fingerprint density at radius 3 is 1.21 bits per heavy atom. The number of carboxylic acids is 2. The Balaban J connectivity index is 1.81. The number of hydrogen-bond acceptors (Lipinski definition) is 31. The second-order valence-electron chi connectivity index (χ2n) is 14.5. The number of ether oxygens (including phenoxy) is 7. The molecule has 4 heterocycles. The van der Waals surface area contributed by atoms with E-state index in [9.17, 15) is 124 Å². The summed E-state index contributed by atoms with van der Waals surface area (Å²) < 4.78 is 253. The summed E-state index contributed by atoms with van der Waals surface area (Å²) in [7, 11) is -34.2. The largest absolute Gasteiger partial charge is 0.479 e. The van der Waals surface area contributed by atoms with E-state index >= 15 is 0 Å². The molecule has 71 heavy (non-hydrogen) atoms. The van der Waals surface area contributed by atoms with Crippen molar-refractivity contribution < 1.29 is 178 Å². The van der Waals surface area contributed by atoms with Gasteiger partial charge in [0.05, 0.1) is 13.2 Å². The van der Waals surface area contributed by atoms with Crippen LogP contribution in [0.2, 0.25) is 0 Å². The Bertz CT molecular complexity index is 2580. The standard InChI is InChI=1S/C24H40N2O39S6/c27-7-5(25-66(37,38)39)21(36)57-3(1-55-68(43,44)45)12(7)59-24-17(65-71(52,53)54)11(31)14(18(63-24)20(34)35)61-22-6(26-67(40,41)42)8(28)13(4(58-22)2-56-69(46,47)48)60-23-16(64-70(49,50)51)10(30)9(29)15(62-23)19(32)33/h3-18,21-31,36H,1-2H2,(H,32,33)(H,34,35)(H,37,38,39)(H,40,41,42)(H,43,44,45)(H,46,47,48)(H,49,50,51)(H,52,53,54)/t3-,4-,5-,6-,7-,8-,9+,10+,11+,12-,13-,14+,15-,16-,17-,18-,21?,22-,23-,24-/m1/s1. The summed E-state index contributed by atoms with van der Waals surface area (Å²) in [5.41, 5.74) is 0. The van der Waals surface area contributed by atoms with Crippen molar-refractivity contribution >= 4 is 74.1 Å². The van der Waals surface area contributed by atoms with Crippen LogP contribution in [-0.2, 0) is 122 Å². The van der Waals surface area contributed by atoms with E-state index in [1.165, 1.54) is 9.44 Å². The Morgan fingerprint density at radius 1 is 0.423 bits per heavy atom. The van der Waals surface area contributed by atoms with E-state index in [0.717, 1.165) is 0 Å². The van der Waals surface area contributed by atoms with Crippen molar-refractivity contribution in [3.05, 3.63) is 0 Å². The fraction of sp³-hybridized carbons (Fsp3) is 0.917. The first-order valence-corrected chi connectivity index (χ1v) is 26.6. The number of carboxylic acid groups (broad SMARTS) is 2. The zero-order valence-electron chi connectivity index (χ0n) is 33.9. The van der Waals surface area contributed by atoms with Gasteiger partial charge >= 0.3 is 74.1 Å². The fourth-order valence-electron chi connectivity index (χ4n) is 6.87. The lowest BCUT2D eigenvalue weighted by Gasteiger charge is -2.49. The van der Waals surface area contributed by atoms with Crippen LogP contribution in [0.1, 0.15) is 0 Å². The minimum absolute atomic E-state index is 1.21. The zero-order valence-corrected chi connectivity index (χ0v) is 38.8. The van der Waals surface area contributed by atoms with E-state index in [1.807, 2.05) is 0 Å². The third kappa shape index (κ3) is 17.3. The third-order valence-electron chi connectivity index (χ3n) is 9.59. The average Bonchev–Trinajstić information content (AvgIpc) is 3.17. The molecule has 416 valence electrons. The van der Waals surface area contributed by atoms with Gasteiger partial charge in [0.2, 0.25) is 0 Å². The molecule has 0 aromatic carbocycles. The fourth-order valence-corrected chi connectivity index (χ4v) is 9.64. The van der Waals surface area contributed by atoms with Crippen LogP contribution in [-0.4, -0.2) is 267 Å². The molecule has 4 aliphatic rings. The van der Waals surface area contributed by atoms with Crippen molar-refractivity contribution in [1.82, 2.24) is 9.44 Å². The molecule has 16 N–H and O–H groups in total. The molecule has 4 rings (SSSR count). The molecule has 4 saturated heterocycles. The van der Waals surface area contributed by atoms with Gasteiger partial charge in [-0.25, -0.2) is 26.3 Å². The van der Waals surface area contributed by atoms with Gasteiger partial charge in [0.25, 0.3) is 0 Å². The van der Waals surface area contributed by atoms with Crippen LogP contribution in [0.5, 0.6) is 0 Å². The molecule has 1 unspecified atom stereocenters. The lowest BCUT2D eigenvalue weighted by Crippen LogP contribution is -2.70. The number of aliphatic carboxylic acids is 2. The highest BCUT2D eigenvalue weighted by Crippen LogP contribution is 2.37. The number of nitrogens with one attached hydrogen (secondary N) is 2. The first-order valence-electron chi connectivity index (χ1n) is 18.2. The number of rotatable bonds is 22. The first kappa shape index (κ1) is 61.2. The Kier molecular flexibility index (Phi) is 19.7. The predicted octanol–water partition coefficient (Wildman–Crippen LogP) is -11.5. The van der Waals surface area contributed by atoms with E-state index < -0.39 is 210 Å². The summed E-state index contributed by atoms with van der Waals surface area (Å²) in [4.78, 5) is 24.5. The quantitative estimate of drug-likeness (QED) is 0.0448. The van der Waals surface area contributed by atoms with Gasteiger partial charge in [-0.2, -0.15) is 60.0 Å². The van der Waals surface area contributed by atoms with Crippen molar-refractivity contribution in [3.63, 3.8) is 0 Å². The lowest BCUT2D eigenvalue weighted by atomic mass is 9.94. The molecule has 0 aromatic heterocycles. The number of carbonyl (C=O) groups is 2. The minimum Gasteiger partial charge on any atom is -0.479 e. The predicted molar refractivity (Wildman–Crippen MR) is 202 cm³/mol. The van der Waals surface area contributed by atoms with Crippen LogP contribution >= 0.6 is 0 Å². The Morgan fingerprint density at radius 2 is 0.803 bits per heavy atom. The molecule has 41 nitrogen and oxygen atoms in total. The number of aliphatic hydroxyl groups is 6. The second kappa shape index (κ2) is 22.9. The van der Waals surface area contributed by atoms with Gasteiger partial charge in [0, 0.05) is 0 Å². The van der Waals surface area contributed by atoms with Gasteiger partial charge in [-0.3, -0.25) is 27.3 Å². The summed E-state index contributed by atoms with van der Waals surface area (Å²) in [5.74, 6) is -4.55. The SMILES string of the molecule is O=C(O)[C@@H]1O[C@@H](O[C@H]2[C@H](O)[C@@H](NS(=O)(=O)O)[C@@H](O[C@H]3[C@H](O)[C@@H](OS(=O)(=O)O)[C@H](O[C@H]4[C@H](O)[C@@H](NS(=O)(=O)O)C(O)O[C@@H]4COS(=O)(=O)O)O[C@H]3C(=O)O)O[C@@H]2COS(=O)(=O)O)[C@H](OS(=O)(=O)O)[C@@H](O)[C@@H]1O. The second-order valence-corrected chi connectivity index (χ2v) is 21.2. The minimum atomic E-state index is -6.03. The summed E-state index contributed by atoms with van der Waals surface area (Å²) >= 11 is 0. The maximum Gasteiger partial charge on any atom is 0.397 e. The van der Waals surface area contributed by atoms with Gasteiger partial charge in [-0.1, -0.05) is 0 Å². The summed E-state index contributed by atoms with van der Waals surface area (Å²) in [6.07, 6.45) is -50.5. The number of aliphatic hydroxyl groups excluding tert-OH is 6. The van der Waals surface area contributed by atoms with E-state index in [-0.39, 0.29) is 0 Å². The maximum absolute atomic E-state index is 12.7. The molecule has 0 aliphatic carbocycles. The van der Waals surface area contributed by atoms with Crippen LogP contribution in [0.25, 0.3) is 0 Å². The molecular weight excluding hydrogens is 1130 g/mol. The van der Waals surface area contributed by atoms with Crippen LogP contribution < -0.4 is 9.44 Å². The molecule has 47 heteroatoms. The van der Waals surface area contributed by atoms with Crippen molar-refractivity contribution in [2.75, 3.05) is 13.2 Å². The van der Waals surface area contributed by atoms with Crippen LogP contribution in [0.3, 0.4) is 0 Å². The Labute approximate surface area is 396 Å². The summed E-state index contributed by atoms with van der Waals surface area (Å²) in [5, 5.41) is 84.8. The molecular formula is C24H40N2O39S6. The Hall–Kier alpha value is -2.36. The van der Waals surface area contributed by atoms with E-state index in [2.05, 4.69) is 16.7 Å². The van der Waals surface area contributed by atoms with Crippen molar-refractivity contribution in [2.24, 2.45) is 0 Å². The first-order chi connectivity index (χ1) is 32.1. The molecule has 0 bridgehead atoms. The maximum atomic E-state index is 12.7. The molecule has 0 aromatic rings. The van der Waals surface area contributed by atoms with Gasteiger partial charge in [0.15, 0.2) is 49.6 Å². The molecule has 20 atom stereocenters. The van der Waals surface area contributed by atoms with Gasteiger partial charge in [-0.05, 0) is 0 Å². The molecule has 0 amide bonds. The van der Waals surface area contributed by atoms with Crippen molar-refractivity contribution in [1.29, 1.82) is 0 Å². The van der Waals surface area contributed by atoms with Gasteiger partial charge in [0.1, 0.15) is 73.1 Å². The van der Waals surface area contributed by atoms with Crippen LogP contribution in [0, 0.1) is 0 Å². The zero-order chi connectivity index (χ0) is 54.3. The summed E-state index contributed by atoms with van der Waals surface area (Å²) in [6.45, 7) is -3.32. The van der Waals surface area contributed by atoms with Gasteiger partial charge in [-0.15, -0.1) is 0 Å². The highest BCUT2D eigenvalue weighted by molar-refractivity contribution is 7.84. The molecule has 0 saturated carbocycles. The molecule has 4 aliphatic heterocycles. The monoisotopic (exact) mass is 1170 g/mol. The van der Waals surface area contributed by atoms with E-state index in [4.69, 9.17) is 37.7 Å². The third-order valence-corrected chi connectivity index (χ3v) is 12.5. The normalized spacial score (nSPS) is 39.2. The number of hydrogen-bond donors (Lipinski definition) is 16. The molecule has 0 spiro atoms. The molecule has 4 fully saturated rings. The van der Waals surface area contributed by atoms with Crippen molar-refractivity contribution in [2.45, 2.75) is 123 Å². The summed E-state index contributed by atoms with van der Waals surface area (Å²) in [6, 6.07) is -5.35. The highest BCUT2D eigenvalue weighted by atomic mass is 32.3. The van der Waals surface area contributed by atoms with Crippen molar-refractivity contribution in [3.8, 4) is 0 Å².